The lowest BCUT2D eigenvalue weighted by Gasteiger charge is -2.09. The fraction of sp³-hybridized carbons (Fsp3) is 0.143. The highest BCUT2D eigenvalue weighted by Crippen LogP contribution is 2.36. The number of likely N-dealkylation sites (N-methyl/N-ethyl adjacent to an activating group) is 1. The first-order valence-corrected chi connectivity index (χ1v) is 9.48. The van der Waals surface area contributed by atoms with E-state index >= 15 is 0 Å². The molecule has 1 saturated heterocycles. The number of benzene rings is 2. The lowest BCUT2D eigenvalue weighted by atomic mass is 10.2. The third-order valence-corrected chi connectivity index (χ3v) is 5.25. The number of rotatable bonds is 5. The van der Waals surface area contributed by atoms with Gasteiger partial charge in [0.1, 0.15) is 6.61 Å². The van der Waals surface area contributed by atoms with Crippen molar-refractivity contribution >= 4 is 46.2 Å². The molecule has 3 rings (SSSR count). The van der Waals surface area contributed by atoms with Crippen LogP contribution in [0.25, 0.3) is 6.08 Å². The smallest absolute Gasteiger partial charge is 0.266 e. The average Bonchev–Trinajstić information content (AvgIpc) is 2.96. The van der Waals surface area contributed by atoms with Gasteiger partial charge in [-0.1, -0.05) is 35.7 Å². The maximum absolute atomic E-state index is 12.6. The van der Waals surface area contributed by atoms with Gasteiger partial charge in [-0.2, -0.15) is 0 Å². The van der Waals surface area contributed by atoms with E-state index in [0.29, 0.717) is 32.3 Å². The summed E-state index contributed by atoms with van der Waals surface area (Å²) in [5.74, 6) is 3.37. The first-order chi connectivity index (χ1) is 13.5. The number of amidine groups is 1. The standard InChI is InChI=1S/C21H17ClN2O3S/c1-4-11-27-17-10-9-14(12-18(17)26-3)13-19-20(25)24(2)21(28-19)23-16-8-6-5-7-15(16)22/h1,5-10,12-13H,11H2,2-3H3/b19-13+,23-21?. The van der Waals surface area contributed by atoms with E-state index in [9.17, 15) is 4.79 Å². The Morgan fingerprint density at radius 2 is 2.07 bits per heavy atom. The quantitative estimate of drug-likeness (QED) is 0.532. The van der Waals surface area contributed by atoms with Gasteiger partial charge < -0.3 is 9.47 Å². The summed E-state index contributed by atoms with van der Waals surface area (Å²) >= 11 is 7.45. The van der Waals surface area contributed by atoms with Crippen LogP contribution in [0.2, 0.25) is 5.02 Å². The van der Waals surface area contributed by atoms with Gasteiger partial charge in [0.2, 0.25) is 0 Å². The summed E-state index contributed by atoms with van der Waals surface area (Å²) in [6.07, 6.45) is 7.01. The second-order valence-corrected chi connectivity index (χ2v) is 7.14. The number of carbonyl (C=O) groups is 1. The summed E-state index contributed by atoms with van der Waals surface area (Å²) < 4.78 is 10.8. The molecule has 1 aliphatic rings. The van der Waals surface area contributed by atoms with Crippen LogP contribution in [0.15, 0.2) is 52.4 Å². The van der Waals surface area contributed by atoms with Crippen LogP contribution in [-0.2, 0) is 4.79 Å². The number of hydrogen-bond donors (Lipinski definition) is 0. The second kappa shape index (κ2) is 8.87. The van der Waals surface area contributed by atoms with E-state index in [1.165, 1.54) is 16.7 Å². The number of aliphatic imine (C=N–C) groups is 1. The Hall–Kier alpha value is -2.88. The summed E-state index contributed by atoms with van der Waals surface area (Å²) in [6, 6.07) is 12.6. The van der Waals surface area contributed by atoms with Gasteiger partial charge in [0.15, 0.2) is 16.7 Å². The molecule has 0 unspecified atom stereocenters. The molecular formula is C21H17ClN2O3S. The van der Waals surface area contributed by atoms with Crippen LogP contribution in [0.1, 0.15) is 5.56 Å². The van der Waals surface area contributed by atoms with Crippen molar-refractivity contribution in [2.45, 2.75) is 0 Å². The molecule has 0 bridgehead atoms. The number of ether oxygens (including phenoxy) is 2. The average molecular weight is 413 g/mol. The SMILES string of the molecule is C#CCOc1ccc(/C=C2/SC(=Nc3ccccc3Cl)N(C)C2=O)cc1OC. The Balaban J connectivity index is 1.88. The Kier molecular flexibility index (Phi) is 6.30. The number of terminal acetylenes is 1. The third-order valence-electron chi connectivity index (χ3n) is 3.87. The van der Waals surface area contributed by atoms with Crippen molar-refractivity contribution in [1.29, 1.82) is 0 Å². The zero-order valence-corrected chi connectivity index (χ0v) is 16.9. The number of hydrogen-bond acceptors (Lipinski definition) is 5. The predicted octanol–water partition coefficient (Wildman–Crippen LogP) is 4.59. The number of thioether (sulfide) groups is 1. The summed E-state index contributed by atoms with van der Waals surface area (Å²) in [4.78, 5) is 19.2. The number of halogens is 1. The van der Waals surface area contributed by atoms with Crippen LogP contribution in [0.5, 0.6) is 11.5 Å². The van der Waals surface area contributed by atoms with E-state index in [-0.39, 0.29) is 12.5 Å². The van der Waals surface area contributed by atoms with E-state index in [0.717, 1.165) is 5.56 Å². The molecule has 28 heavy (non-hydrogen) atoms. The van der Waals surface area contributed by atoms with Crippen molar-refractivity contribution in [3.05, 3.63) is 58.0 Å². The van der Waals surface area contributed by atoms with Gasteiger partial charge in [0, 0.05) is 7.05 Å². The van der Waals surface area contributed by atoms with Gasteiger partial charge in [-0.25, -0.2) is 4.99 Å². The third kappa shape index (κ3) is 4.33. The molecule has 0 spiro atoms. The molecule has 142 valence electrons. The van der Waals surface area contributed by atoms with Gasteiger partial charge in [-0.05, 0) is 47.7 Å². The van der Waals surface area contributed by atoms with Gasteiger partial charge in [0.25, 0.3) is 5.91 Å². The van der Waals surface area contributed by atoms with Crippen molar-refractivity contribution in [1.82, 2.24) is 4.90 Å². The fourth-order valence-electron chi connectivity index (χ4n) is 2.46. The van der Waals surface area contributed by atoms with Crippen molar-refractivity contribution < 1.29 is 14.3 Å². The first kappa shape index (κ1) is 19.9. The molecule has 2 aromatic rings. The lowest BCUT2D eigenvalue weighted by molar-refractivity contribution is -0.121. The van der Waals surface area contributed by atoms with Crippen molar-refractivity contribution in [2.75, 3.05) is 20.8 Å². The van der Waals surface area contributed by atoms with Crippen molar-refractivity contribution in [3.63, 3.8) is 0 Å². The number of methoxy groups -OCH3 is 1. The van der Waals surface area contributed by atoms with Gasteiger partial charge in [-0.15, -0.1) is 6.42 Å². The van der Waals surface area contributed by atoms with Crippen LogP contribution in [0, 0.1) is 12.3 Å². The summed E-state index contributed by atoms with van der Waals surface area (Å²) in [6.45, 7) is 0.151. The molecule has 1 fully saturated rings. The zero-order chi connectivity index (χ0) is 20.1. The molecule has 5 nitrogen and oxygen atoms in total. The number of nitrogens with zero attached hydrogens (tertiary/aromatic N) is 2. The Labute approximate surface area is 173 Å². The van der Waals surface area contributed by atoms with Gasteiger partial charge in [-0.3, -0.25) is 9.69 Å². The van der Waals surface area contributed by atoms with E-state index in [4.69, 9.17) is 27.5 Å². The minimum atomic E-state index is -0.137. The normalized spacial score (nSPS) is 16.5. The van der Waals surface area contributed by atoms with Crippen LogP contribution in [0.3, 0.4) is 0 Å². The fourth-order valence-corrected chi connectivity index (χ4v) is 3.62. The van der Waals surface area contributed by atoms with Crippen molar-refractivity contribution in [2.24, 2.45) is 4.99 Å². The molecule has 0 N–H and O–H groups in total. The Bertz CT molecular complexity index is 1010. The summed E-state index contributed by atoms with van der Waals surface area (Å²) in [5, 5.41) is 1.09. The molecule has 0 atom stereocenters. The van der Waals surface area contributed by atoms with Crippen LogP contribution < -0.4 is 9.47 Å². The molecule has 0 aromatic heterocycles. The van der Waals surface area contributed by atoms with Gasteiger partial charge in [0.05, 0.1) is 22.7 Å². The molecule has 7 heteroatoms. The van der Waals surface area contributed by atoms with Crippen LogP contribution in [-0.4, -0.2) is 36.7 Å². The molecule has 1 aliphatic heterocycles. The highest BCUT2D eigenvalue weighted by Gasteiger charge is 2.30. The highest BCUT2D eigenvalue weighted by atomic mass is 35.5. The molecule has 0 saturated carbocycles. The molecule has 2 aromatic carbocycles. The molecule has 0 radical (unpaired) electrons. The summed E-state index contributed by atoms with van der Waals surface area (Å²) in [7, 11) is 3.23. The molecule has 1 heterocycles. The van der Waals surface area contributed by atoms with E-state index < -0.39 is 0 Å². The Morgan fingerprint density at radius 3 is 2.79 bits per heavy atom. The van der Waals surface area contributed by atoms with E-state index in [1.807, 2.05) is 18.2 Å². The number of para-hydroxylation sites is 1. The van der Waals surface area contributed by atoms with Gasteiger partial charge >= 0.3 is 0 Å². The largest absolute Gasteiger partial charge is 0.493 e. The molecule has 1 amide bonds. The van der Waals surface area contributed by atoms with Crippen LogP contribution in [0.4, 0.5) is 5.69 Å². The molecule has 0 aliphatic carbocycles. The zero-order valence-electron chi connectivity index (χ0n) is 15.3. The minimum Gasteiger partial charge on any atom is -0.493 e. The topological polar surface area (TPSA) is 51.1 Å². The lowest BCUT2D eigenvalue weighted by Crippen LogP contribution is -2.23. The monoisotopic (exact) mass is 412 g/mol. The van der Waals surface area contributed by atoms with Crippen molar-refractivity contribution in [3.8, 4) is 23.8 Å². The maximum atomic E-state index is 12.6. The van der Waals surface area contributed by atoms with E-state index in [2.05, 4.69) is 10.9 Å². The minimum absolute atomic E-state index is 0.137. The highest BCUT2D eigenvalue weighted by molar-refractivity contribution is 8.18. The first-order valence-electron chi connectivity index (χ1n) is 8.28. The van der Waals surface area contributed by atoms with Crippen LogP contribution >= 0.6 is 23.4 Å². The second-order valence-electron chi connectivity index (χ2n) is 5.72. The number of carbonyl (C=O) groups excluding carboxylic acids is 1. The predicted molar refractivity (Wildman–Crippen MR) is 114 cm³/mol. The van der Waals surface area contributed by atoms with E-state index in [1.54, 1.807) is 44.5 Å². The number of amides is 1. The molecular weight excluding hydrogens is 396 g/mol. The maximum Gasteiger partial charge on any atom is 0.266 e. The summed E-state index contributed by atoms with van der Waals surface area (Å²) in [5.41, 5.74) is 1.41. The Morgan fingerprint density at radius 1 is 1.29 bits per heavy atom.